The molecule has 0 aliphatic carbocycles. The van der Waals surface area contributed by atoms with Crippen molar-refractivity contribution in [2.45, 2.75) is 69.4 Å². The van der Waals surface area contributed by atoms with Crippen LogP contribution in [0.3, 0.4) is 0 Å². The quantitative estimate of drug-likeness (QED) is 0.0336. The molecule has 0 bridgehead atoms. The summed E-state index contributed by atoms with van der Waals surface area (Å²) in [7, 11) is 0. The first-order valence-corrected chi connectivity index (χ1v) is 20.5. The van der Waals surface area contributed by atoms with Gasteiger partial charge in [-0.15, -0.1) is 13.2 Å². The number of carbonyl (C=O) groups excluding carboxylic acids is 3. The molecule has 4 rings (SSSR count). The molecule has 0 aromatic heterocycles. The van der Waals surface area contributed by atoms with Crippen LogP contribution in [0.2, 0.25) is 0 Å². The molecule has 0 radical (unpaired) electrons. The second kappa shape index (κ2) is 25.1. The monoisotopic (exact) mass is 776 g/mol. The average molecular weight is 777 g/mol. The molecule has 2 amide bonds. The lowest BCUT2D eigenvalue weighted by Gasteiger charge is -2.24. The first-order chi connectivity index (χ1) is 27.4. The van der Waals surface area contributed by atoms with E-state index in [4.69, 9.17) is 9.47 Å². The number of aliphatic hydroxyl groups excluding tert-OH is 1. The van der Waals surface area contributed by atoms with Gasteiger partial charge >= 0.3 is 5.97 Å². The second-order valence-electron chi connectivity index (χ2n) is 13.9. The molecule has 4 atom stereocenters. The molecular weight excluding hydrogens is 721 g/mol. The standard InChI is InChI=1S/C47H56N2O6S/c1-3-5-9-23-41(28-36-17-10-6-11-18-36)47(53)55-33-43(35-56-34-39-21-14-8-15-22-39)49-46(52)40(16-4-2)30-45(51)48-42(31-50)29-37-24-26-44(27-25-37)54-32-38-19-12-7-13-20-38/h3-4,6-8,10-15,17-22,24-27,40-43,50H,1-2,5,9,16,23,28-35H2,(H,48,51)(H,49,52)/t40-,41+,42-,43+/m0/s1. The van der Waals surface area contributed by atoms with Crippen LogP contribution >= 0.6 is 11.8 Å². The van der Waals surface area contributed by atoms with E-state index in [2.05, 4.69) is 23.8 Å². The lowest BCUT2D eigenvalue weighted by Crippen LogP contribution is -2.46. The smallest absolute Gasteiger partial charge is 0.309 e. The molecule has 4 aromatic rings. The number of esters is 1. The van der Waals surface area contributed by atoms with Gasteiger partial charge in [-0.3, -0.25) is 14.4 Å². The van der Waals surface area contributed by atoms with Crippen LogP contribution in [0.15, 0.2) is 141 Å². The number of amides is 2. The van der Waals surface area contributed by atoms with Crippen molar-refractivity contribution in [3.8, 4) is 5.75 Å². The van der Waals surface area contributed by atoms with E-state index in [0.717, 1.165) is 46.6 Å². The number of hydrogen-bond acceptors (Lipinski definition) is 7. The summed E-state index contributed by atoms with van der Waals surface area (Å²) < 4.78 is 11.8. The lowest BCUT2D eigenvalue weighted by molar-refractivity contribution is -0.150. The Morgan fingerprint density at radius 1 is 0.714 bits per heavy atom. The van der Waals surface area contributed by atoms with Crippen molar-refractivity contribution in [3.63, 3.8) is 0 Å². The van der Waals surface area contributed by atoms with Crippen LogP contribution in [-0.2, 0) is 44.3 Å². The highest BCUT2D eigenvalue weighted by Crippen LogP contribution is 2.20. The molecule has 0 unspecified atom stereocenters. The van der Waals surface area contributed by atoms with E-state index in [1.165, 1.54) is 0 Å². The summed E-state index contributed by atoms with van der Waals surface area (Å²) >= 11 is 1.64. The maximum Gasteiger partial charge on any atom is 0.309 e. The Bertz CT molecular complexity index is 1750. The van der Waals surface area contributed by atoms with Gasteiger partial charge in [-0.25, -0.2) is 0 Å². The predicted molar refractivity (Wildman–Crippen MR) is 226 cm³/mol. The first kappa shape index (κ1) is 43.6. The lowest BCUT2D eigenvalue weighted by atomic mass is 9.94. The molecule has 56 heavy (non-hydrogen) atoms. The highest BCUT2D eigenvalue weighted by molar-refractivity contribution is 7.98. The fourth-order valence-corrected chi connectivity index (χ4v) is 7.27. The highest BCUT2D eigenvalue weighted by atomic mass is 32.2. The van der Waals surface area contributed by atoms with Crippen molar-refractivity contribution < 1.29 is 29.0 Å². The van der Waals surface area contributed by atoms with Crippen LogP contribution in [0.1, 0.15) is 54.4 Å². The Hall–Kier alpha value is -5.12. The molecule has 0 aliphatic rings. The van der Waals surface area contributed by atoms with E-state index in [-0.39, 0.29) is 49.8 Å². The van der Waals surface area contributed by atoms with Crippen LogP contribution in [0.4, 0.5) is 0 Å². The van der Waals surface area contributed by atoms with Crippen LogP contribution < -0.4 is 15.4 Å². The number of nitrogens with one attached hydrogen (secondary N) is 2. The van der Waals surface area contributed by atoms with Crippen molar-refractivity contribution >= 4 is 29.5 Å². The summed E-state index contributed by atoms with van der Waals surface area (Å²) in [6.07, 6.45) is 6.93. The Labute approximate surface area is 336 Å². The summed E-state index contributed by atoms with van der Waals surface area (Å²) in [5, 5.41) is 16.1. The number of thioether (sulfide) groups is 1. The molecule has 0 spiro atoms. The Morgan fingerprint density at radius 3 is 1.96 bits per heavy atom. The maximum atomic E-state index is 13.8. The van der Waals surface area contributed by atoms with Gasteiger partial charge in [-0.05, 0) is 72.9 Å². The number of hydrogen-bond donors (Lipinski definition) is 3. The minimum atomic E-state index is -0.699. The highest BCUT2D eigenvalue weighted by Gasteiger charge is 2.27. The van der Waals surface area contributed by atoms with E-state index < -0.39 is 18.0 Å². The van der Waals surface area contributed by atoms with Gasteiger partial charge in [-0.1, -0.05) is 115 Å². The fraction of sp³-hybridized carbons (Fsp3) is 0.340. The minimum absolute atomic E-state index is 0.00872. The molecule has 9 heteroatoms. The molecule has 4 aromatic carbocycles. The van der Waals surface area contributed by atoms with E-state index in [0.29, 0.717) is 31.6 Å². The summed E-state index contributed by atoms with van der Waals surface area (Å²) in [6.45, 7) is 7.84. The zero-order valence-electron chi connectivity index (χ0n) is 32.2. The molecule has 0 aliphatic heterocycles. The SMILES string of the molecule is C=CCCC[C@H](Cc1ccccc1)C(=O)OC[C@H](CSCc1ccccc1)NC(=O)[C@@H](CC=C)CC(=O)N[C@H](CO)Cc1ccc(OCc2ccccc2)cc1. The van der Waals surface area contributed by atoms with Crippen molar-refractivity contribution in [3.05, 3.63) is 163 Å². The maximum absolute atomic E-state index is 13.8. The van der Waals surface area contributed by atoms with Gasteiger partial charge in [-0.2, -0.15) is 11.8 Å². The molecule has 296 valence electrons. The summed E-state index contributed by atoms with van der Waals surface area (Å²) in [6, 6.07) is 36.4. The number of unbranched alkanes of at least 4 members (excludes halogenated alkanes) is 1. The topological polar surface area (TPSA) is 114 Å². The van der Waals surface area contributed by atoms with Crippen LogP contribution in [0.5, 0.6) is 5.75 Å². The molecular formula is C47H56N2O6S. The number of rotatable bonds is 26. The normalized spacial score (nSPS) is 13.0. The van der Waals surface area contributed by atoms with Gasteiger partial charge in [0.25, 0.3) is 0 Å². The number of benzene rings is 4. The van der Waals surface area contributed by atoms with Crippen molar-refractivity contribution in [1.29, 1.82) is 0 Å². The van der Waals surface area contributed by atoms with E-state index >= 15 is 0 Å². The zero-order chi connectivity index (χ0) is 39.8. The molecule has 0 heterocycles. The van der Waals surface area contributed by atoms with Gasteiger partial charge in [0.1, 0.15) is 19.0 Å². The predicted octanol–water partition coefficient (Wildman–Crippen LogP) is 8.04. The van der Waals surface area contributed by atoms with Gasteiger partial charge in [0.15, 0.2) is 0 Å². The summed E-state index contributed by atoms with van der Waals surface area (Å²) in [4.78, 5) is 40.6. The van der Waals surface area contributed by atoms with Crippen LogP contribution in [0.25, 0.3) is 0 Å². The number of aliphatic hydroxyl groups is 1. The number of ether oxygens (including phenoxy) is 2. The number of carbonyl (C=O) groups is 3. The van der Waals surface area contributed by atoms with Crippen molar-refractivity contribution in [1.82, 2.24) is 10.6 Å². The second-order valence-corrected chi connectivity index (χ2v) is 15.0. The van der Waals surface area contributed by atoms with Crippen LogP contribution in [0, 0.1) is 11.8 Å². The third-order valence-electron chi connectivity index (χ3n) is 9.32. The third-order valence-corrected chi connectivity index (χ3v) is 10.5. The molecule has 8 nitrogen and oxygen atoms in total. The summed E-state index contributed by atoms with van der Waals surface area (Å²) in [5.41, 5.74) is 4.21. The molecule has 0 saturated heterocycles. The average Bonchev–Trinajstić information content (AvgIpc) is 3.22. The largest absolute Gasteiger partial charge is 0.489 e. The first-order valence-electron chi connectivity index (χ1n) is 19.4. The van der Waals surface area contributed by atoms with Gasteiger partial charge < -0.3 is 25.2 Å². The zero-order valence-corrected chi connectivity index (χ0v) is 33.0. The van der Waals surface area contributed by atoms with Gasteiger partial charge in [0.05, 0.1) is 30.5 Å². The minimum Gasteiger partial charge on any atom is -0.489 e. The molecule has 0 fully saturated rings. The van der Waals surface area contributed by atoms with Crippen molar-refractivity contribution in [2.75, 3.05) is 19.0 Å². The number of allylic oxidation sites excluding steroid dienone is 2. The molecule has 0 saturated carbocycles. The van der Waals surface area contributed by atoms with E-state index in [9.17, 15) is 19.5 Å². The van der Waals surface area contributed by atoms with Gasteiger partial charge in [0, 0.05) is 17.9 Å². The Balaban J connectivity index is 1.34. The molecule has 3 N–H and O–H groups in total. The van der Waals surface area contributed by atoms with E-state index in [1.807, 2.05) is 121 Å². The Kier molecular flexibility index (Phi) is 19.6. The third kappa shape index (κ3) is 16.3. The van der Waals surface area contributed by atoms with Crippen LogP contribution in [-0.4, -0.2) is 53.9 Å². The summed E-state index contributed by atoms with van der Waals surface area (Å²) in [5.74, 6) is -0.0337. The fourth-order valence-electron chi connectivity index (χ4n) is 6.26. The van der Waals surface area contributed by atoms with Crippen molar-refractivity contribution in [2.24, 2.45) is 11.8 Å². The van der Waals surface area contributed by atoms with E-state index in [1.54, 1.807) is 17.8 Å². The van der Waals surface area contributed by atoms with Gasteiger partial charge in [0.2, 0.25) is 11.8 Å². The Morgan fingerprint density at radius 2 is 1.34 bits per heavy atom.